The van der Waals surface area contributed by atoms with Gasteiger partial charge >= 0.3 is 0 Å². The average molecular weight is 498 g/mol. The number of aliphatic hydroxyl groups is 1. The molecule has 2 aromatic heterocycles. The van der Waals surface area contributed by atoms with E-state index >= 15 is 0 Å². The molecule has 9 heteroatoms. The van der Waals surface area contributed by atoms with Gasteiger partial charge in [0.15, 0.2) is 0 Å². The minimum Gasteiger partial charge on any atom is -0.457 e. The number of ether oxygens (including phenoxy) is 1. The first-order valence-electron chi connectivity index (χ1n) is 11.7. The smallest absolute Gasteiger partial charge is 0.256 e. The summed E-state index contributed by atoms with van der Waals surface area (Å²) < 4.78 is 6.08. The van der Waals surface area contributed by atoms with Crippen molar-refractivity contribution in [3.8, 4) is 11.5 Å². The maximum atomic E-state index is 12.5. The van der Waals surface area contributed by atoms with Gasteiger partial charge in [0.2, 0.25) is 5.91 Å². The first-order chi connectivity index (χ1) is 18.0. The van der Waals surface area contributed by atoms with Crippen molar-refractivity contribution in [3.05, 3.63) is 96.8 Å². The lowest BCUT2D eigenvalue weighted by atomic mass is 10.1. The number of carbonyl (C=O) groups excluding carboxylic acids is 2. The van der Waals surface area contributed by atoms with E-state index in [0.717, 1.165) is 5.39 Å². The molecular formula is C28H27N5O4. The summed E-state index contributed by atoms with van der Waals surface area (Å²) in [5.74, 6) is 1.06. The van der Waals surface area contributed by atoms with E-state index in [9.17, 15) is 9.59 Å². The monoisotopic (exact) mass is 497 g/mol. The normalized spacial score (nSPS) is 11.1. The third-order valence-electron chi connectivity index (χ3n) is 5.39. The Bertz CT molecular complexity index is 1390. The van der Waals surface area contributed by atoms with Gasteiger partial charge in [0.1, 0.15) is 17.3 Å². The highest BCUT2D eigenvalue weighted by atomic mass is 16.5. The van der Waals surface area contributed by atoms with Gasteiger partial charge in [0.05, 0.1) is 12.1 Å². The summed E-state index contributed by atoms with van der Waals surface area (Å²) in [6, 6.07) is 19.2. The number of benzene rings is 2. The van der Waals surface area contributed by atoms with Gasteiger partial charge in [-0.05, 0) is 67.7 Å². The number of pyridine rings is 2. The number of rotatable bonds is 10. The maximum absolute atomic E-state index is 12.5. The highest BCUT2D eigenvalue weighted by Gasteiger charge is 2.10. The first kappa shape index (κ1) is 25.5. The van der Waals surface area contributed by atoms with Crippen molar-refractivity contribution in [2.45, 2.75) is 0 Å². The number of aliphatic hydroxyl groups excluding tert-OH is 1. The molecule has 4 aromatic rings. The van der Waals surface area contributed by atoms with E-state index in [1.165, 1.54) is 6.08 Å². The van der Waals surface area contributed by atoms with E-state index in [0.29, 0.717) is 47.2 Å². The van der Waals surface area contributed by atoms with Crippen LogP contribution >= 0.6 is 0 Å². The average Bonchev–Trinajstić information content (AvgIpc) is 2.90. The molecule has 0 saturated heterocycles. The number of hydrogen-bond acceptors (Lipinski definition) is 7. The summed E-state index contributed by atoms with van der Waals surface area (Å²) in [5.41, 5.74) is 1.78. The van der Waals surface area contributed by atoms with E-state index in [2.05, 4.69) is 20.6 Å². The molecule has 188 valence electrons. The van der Waals surface area contributed by atoms with E-state index in [4.69, 9.17) is 9.84 Å². The second-order valence-corrected chi connectivity index (χ2v) is 8.21. The van der Waals surface area contributed by atoms with Crippen molar-refractivity contribution in [2.75, 3.05) is 37.4 Å². The number of carbonyl (C=O) groups is 2. The molecule has 3 N–H and O–H groups in total. The molecule has 0 aliphatic carbocycles. The van der Waals surface area contributed by atoms with Crippen LogP contribution in [0.1, 0.15) is 10.4 Å². The highest BCUT2D eigenvalue weighted by Crippen LogP contribution is 2.31. The molecule has 2 heterocycles. The molecule has 0 aliphatic rings. The van der Waals surface area contributed by atoms with Crippen molar-refractivity contribution in [3.63, 3.8) is 0 Å². The minimum atomic E-state index is -0.269. The molecule has 2 amide bonds. The Kier molecular flexibility index (Phi) is 8.53. The van der Waals surface area contributed by atoms with Crippen LogP contribution in [0.15, 0.2) is 91.3 Å². The summed E-state index contributed by atoms with van der Waals surface area (Å²) in [5, 5.41) is 15.3. The van der Waals surface area contributed by atoms with Crippen LogP contribution in [0.3, 0.4) is 0 Å². The lowest BCUT2D eigenvalue weighted by Crippen LogP contribution is -2.22. The van der Waals surface area contributed by atoms with Crippen LogP contribution in [-0.4, -0.2) is 58.5 Å². The van der Waals surface area contributed by atoms with Crippen molar-refractivity contribution < 1.29 is 19.4 Å². The van der Waals surface area contributed by atoms with Crippen LogP contribution in [0.4, 0.5) is 11.5 Å². The van der Waals surface area contributed by atoms with Crippen LogP contribution in [0.2, 0.25) is 0 Å². The number of aromatic nitrogens is 2. The molecule has 4 rings (SSSR count). The van der Waals surface area contributed by atoms with Gasteiger partial charge < -0.3 is 25.4 Å². The maximum Gasteiger partial charge on any atom is 0.256 e. The van der Waals surface area contributed by atoms with E-state index in [1.807, 2.05) is 18.0 Å². The molecule has 0 atom stereocenters. The SMILES string of the molecule is CN(CC=CC(=O)Nc1ccc2nccc(Oc3ccc(C(=O)Nc4ccccn4)cc3)c2c1)CCO. The molecule has 0 saturated carbocycles. The molecule has 0 radical (unpaired) electrons. The van der Waals surface area contributed by atoms with Gasteiger partial charge in [-0.3, -0.25) is 14.6 Å². The molecule has 37 heavy (non-hydrogen) atoms. The first-order valence-corrected chi connectivity index (χ1v) is 11.7. The van der Waals surface area contributed by atoms with Gasteiger partial charge in [-0.2, -0.15) is 0 Å². The zero-order valence-electron chi connectivity index (χ0n) is 20.3. The number of nitrogens with one attached hydrogen (secondary N) is 2. The number of amides is 2. The fourth-order valence-electron chi connectivity index (χ4n) is 3.50. The fraction of sp³-hybridized carbons (Fsp3) is 0.143. The summed E-state index contributed by atoms with van der Waals surface area (Å²) >= 11 is 0. The van der Waals surface area contributed by atoms with Gasteiger partial charge in [-0.1, -0.05) is 12.1 Å². The number of nitrogens with zero attached hydrogens (tertiary/aromatic N) is 3. The minimum absolute atomic E-state index is 0.0670. The van der Waals surface area contributed by atoms with Crippen LogP contribution in [-0.2, 0) is 4.79 Å². The molecule has 2 aromatic carbocycles. The predicted octanol–water partition coefficient (Wildman–Crippen LogP) is 4.09. The van der Waals surface area contributed by atoms with Gasteiger partial charge in [0, 0.05) is 48.2 Å². The van der Waals surface area contributed by atoms with Crippen LogP contribution in [0, 0.1) is 0 Å². The van der Waals surface area contributed by atoms with Crippen LogP contribution in [0.5, 0.6) is 11.5 Å². The lowest BCUT2D eigenvalue weighted by Gasteiger charge is -2.12. The molecule has 0 bridgehead atoms. The molecule has 0 spiro atoms. The second-order valence-electron chi connectivity index (χ2n) is 8.21. The van der Waals surface area contributed by atoms with E-state index < -0.39 is 0 Å². The number of hydrogen-bond donors (Lipinski definition) is 3. The Morgan fingerprint density at radius 1 is 1.00 bits per heavy atom. The van der Waals surface area contributed by atoms with Crippen molar-refractivity contribution in [2.24, 2.45) is 0 Å². The Balaban J connectivity index is 1.44. The molecule has 0 aliphatic heterocycles. The molecule has 0 unspecified atom stereocenters. The quantitative estimate of drug-likeness (QED) is 0.283. The summed E-state index contributed by atoms with van der Waals surface area (Å²) in [7, 11) is 1.86. The Morgan fingerprint density at radius 2 is 1.84 bits per heavy atom. The fourth-order valence-corrected chi connectivity index (χ4v) is 3.50. The Labute approximate surface area is 214 Å². The third-order valence-corrected chi connectivity index (χ3v) is 5.39. The highest BCUT2D eigenvalue weighted by molar-refractivity contribution is 6.04. The Hall–Kier alpha value is -4.60. The summed E-state index contributed by atoms with van der Waals surface area (Å²) in [6.07, 6.45) is 6.46. The van der Waals surface area contributed by atoms with Crippen molar-refractivity contribution >= 4 is 34.2 Å². The van der Waals surface area contributed by atoms with Gasteiger partial charge in [-0.15, -0.1) is 0 Å². The van der Waals surface area contributed by atoms with Crippen molar-refractivity contribution in [1.82, 2.24) is 14.9 Å². The van der Waals surface area contributed by atoms with E-state index in [-0.39, 0.29) is 18.4 Å². The van der Waals surface area contributed by atoms with Crippen molar-refractivity contribution in [1.29, 1.82) is 0 Å². The molecule has 0 fully saturated rings. The lowest BCUT2D eigenvalue weighted by molar-refractivity contribution is -0.111. The topological polar surface area (TPSA) is 117 Å². The number of anilines is 2. The Morgan fingerprint density at radius 3 is 2.59 bits per heavy atom. The third kappa shape index (κ3) is 7.20. The van der Waals surface area contributed by atoms with Gasteiger partial charge in [0.25, 0.3) is 5.91 Å². The van der Waals surface area contributed by atoms with Gasteiger partial charge in [-0.25, -0.2) is 4.98 Å². The van der Waals surface area contributed by atoms with Crippen LogP contribution in [0.25, 0.3) is 10.9 Å². The molecular weight excluding hydrogens is 470 g/mol. The zero-order chi connectivity index (χ0) is 26.0. The second kappa shape index (κ2) is 12.4. The van der Waals surface area contributed by atoms with Crippen LogP contribution < -0.4 is 15.4 Å². The molecule has 9 nitrogen and oxygen atoms in total. The zero-order valence-corrected chi connectivity index (χ0v) is 20.3. The largest absolute Gasteiger partial charge is 0.457 e. The van der Waals surface area contributed by atoms with E-state index in [1.54, 1.807) is 79.1 Å². The predicted molar refractivity (Wildman–Crippen MR) is 143 cm³/mol. The summed E-state index contributed by atoms with van der Waals surface area (Å²) in [4.78, 5) is 35.1. The summed E-state index contributed by atoms with van der Waals surface area (Å²) in [6.45, 7) is 1.15. The standard InChI is InChI=1S/C28H27N5O4/c1-33(17-18-34)16-4-6-27(35)31-21-9-12-24-23(19-21)25(13-15-29-24)37-22-10-7-20(8-11-22)28(36)32-26-5-2-3-14-30-26/h2-15,19,34H,16-18H2,1H3,(H,31,35)(H,30,32,36). The number of fused-ring (bicyclic) bond motifs is 1. The number of likely N-dealkylation sites (N-methyl/N-ethyl adjacent to an activating group) is 1.